The Morgan fingerprint density at radius 2 is 1.55 bits per heavy atom. The standard InChI is InChI=1S/C13H11Cl2NO3S/c1-8-2-4-10(5-3-8)20(18,19)16-9-6-11(14)13(17)12(15)7-9/h2-7,16-17H,1H3. The van der Waals surface area contributed by atoms with Crippen molar-refractivity contribution in [1.82, 2.24) is 0 Å². The van der Waals surface area contributed by atoms with Gasteiger partial charge in [0, 0.05) is 0 Å². The first kappa shape index (κ1) is 15.0. The lowest BCUT2D eigenvalue weighted by atomic mass is 10.2. The summed E-state index contributed by atoms with van der Waals surface area (Å²) in [5.74, 6) is -0.286. The van der Waals surface area contributed by atoms with Crippen LogP contribution in [0.25, 0.3) is 0 Å². The van der Waals surface area contributed by atoms with Crippen LogP contribution < -0.4 is 4.72 Å². The molecule has 0 aliphatic heterocycles. The minimum Gasteiger partial charge on any atom is -0.505 e. The molecule has 4 nitrogen and oxygen atoms in total. The predicted octanol–water partition coefficient (Wildman–Crippen LogP) is 3.81. The van der Waals surface area contributed by atoms with Crippen LogP contribution in [-0.4, -0.2) is 13.5 Å². The van der Waals surface area contributed by atoms with Gasteiger partial charge in [0.15, 0.2) is 5.75 Å². The molecule has 0 radical (unpaired) electrons. The smallest absolute Gasteiger partial charge is 0.261 e. The molecule has 7 heteroatoms. The van der Waals surface area contributed by atoms with E-state index in [1.165, 1.54) is 24.3 Å². The highest BCUT2D eigenvalue weighted by Gasteiger charge is 2.15. The van der Waals surface area contributed by atoms with Gasteiger partial charge in [0.05, 0.1) is 20.6 Å². The quantitative estimate of drug-likeness (QED) is 0.840. The molecule has 0 saturated heterocycles. The molecule has 2 rings (SSSR count). The molecule has 0 spiro atoms. The average molecular weight is 332 g/mol. The van der Waals surface area contributed by atoms with Gasteiger partial charge in [-0.2, -0.15) is 0 Å². The number of phenolic OH excluding ortho intramolecular Hbond substituents is 1. The van der Waals surface area contributed by atoms with Gasteiger partial charge in [0.25, 0.3) is 10.0 Å². The third kappa shape index (κ3) is 3.17. The molecule has 2 aromatic rings. The highest BCUT2D eigenvalue weighted by Crippen LogP contribution is 2.35. The molecular weight excluding hydrogens is 321 g/mol. The average Bonchev–Trinajstić information content (AvgIpc) is 2.36. The second kappa shape index (κ2) is 5.52. The number of hydrogen-bond donors (Lipinski definition) is 2. The summed E-state index contributed by atoms with van der Waals surface area (Å²) in [7, 11) is -3.73. The van der Waals surface area contributed by atoms with Crippen molar-refractivity contribution in [3.63, 3.8) is 0 Å². The van der Waals surface area contributed by atoms with Crippen LogP contribution in [-0.2, 0) is 10.0 Å². The summed E-state index contributed by atoms with van der Waals surface area (Å²) in [5.41, 5.74) is 1.14. The maximum Gasteiger partial charge on any atom is 0.261 e. The van der Waals surface area contributed by atoms with Crippen LogP contribution in [0.15, 0.2) is 41.3 Å². The highest BCUT2D eigenvalue weighted by atomic mass is 35.5. The molecule has 2 N–H and O–H groups in total. The fourth-order valence-corrected chi connectivity index (χ4v) is 3.08. The van der Waals surface area contributed by atoms with E-state index in [-0.39, 0.29) is 26.4 Å². The predicted molar refractivity (Wildman–Crippen MR) is 80.1 cm³/mol. The SMILES string of the molecule is Cc1ccc(S(=O)(=O)Nc2cc(Cl)c(O)c(Cl)c2)cc1. The van der Waals surface area contributed by atoms with Crippen LogP contribution in [0.2, 0.25) is 10.0 Å². The Bertz CT molecular complexity index is 720. The number of benzene rings is 2. The molecule has 20 heavy (non-hydrogen) atoms. The van der Waals surface area contributed by atoms with E-state index >= 15 is 0 Å². The van der Waals surface area contributed by atoms with E-state index in [0.717, 1.165) is 5.56 Å². The van der Waals surface area contributed by atoms with E-state index in [9.17, 15) is 13.5 Å². The minimum absolute atomic E-state index is 0.0286. The zero-order valence-corrected chi connectivity index (χ0v) is 12.7. The zero-order chi connectivity index (χ0) is 14.9. The van der Waals surface area contributed by atoms with Gasteiger partial charge in [0.1, 0.15) is 0 Å². The summed E-state index contributed by atoms with van der Waals surface area (Å²) >= 11 is 11.5. The van der Waals surface area contributed by atoms with Crippen molar-refractivity contribution in [3.8, 4) is 5.75 Å². The van der Waals surface area contributed by atoms with Crippen molar-refractivity contribution in [2.45, 2.75) is 11.8 Å². The largest absolute Gasteiger partial charge is 0.505 e. The number of nitrogens with one attached hydrogen (secondary N) is 1. The number of phenols is 1. The van der Waals surface area contributed by atoms with Crippen molar-refractivity contribution < 1.29 is 13.5 Å². The maximum atomic E-state index is 12.2. The van der Waals surface area contributed by atoms with Crippen molar-refractivity contribution in [1.29, 1.82) is 0 Å². The van der Waals surface area contributed by atoms with Gasteiger partial charge in [-0.3, -0.25) is 4.72 Å². The number of sulfonamides is 1. The summed E-state index contributed by atoms with van der Waals surface area (Å²) in [6.45, 7) is 1.86. The Balaban J connectivity index is 2.36. The normalized spacial score (nSPS) is 11.3. The summed E-state index contributed by atoms with van der Waals surface area (Å²) < 4.78 is 26.7. The zero-order valence-electron chi connectivity index (χ0n) is 10.4. The van der Waals surface area contributed by atoms with E-state index in [4.69, 9.17) is 23.2 Å². The van der Waals surface area contributed by atoms with Crippen molar-refractivity contribution >= 4 is 38.9 Å². The summed E-state index contributed by atoms with van der Waals surface area (Å²) in [6.07, 6.45) is 0. The number of aryl methyl sites for hydroxylation is 1. The van der Waals surface area contributed by atoms with Gasteiger partial charge in [-0.15, -0.1) is 0 Å². The fourth-order valence-electron chi connectivity index (χ4n) is 1.56. The summed E-state index contributed by atoms with van der Waals surface area (Å²) in [4.78, 5) is 0.128. The van der Waals surface area contributed by atoms with Crippen LogP contribution in [0.1, 0.15) is 5.56 Å². The molecular formula is C13H11Cl2NO3S. The van der Waals surface area contributed by atoms with E-state index < -0.39 is 10.0 Å². The van der Waals surface area contributed by atoms with E-state index in [2.05, 4.69) is 4.72 Å². The van der Waals surface area contributed by atoms with Crippen molar-refractivity contribution in [2.75, 3.05) is 4.72 Å². The molecule has 0 saturated carbocycles. The fraction of sp³-hybridized carbons (Fsp3) is 0.0769. The van der Waals surface area contributed by atoms with Crippen molar-refractivity contribution in [3.05, 3.63) is 52.0 Å². The van der Waals surface area contributed by atoms with E-state index in [1.807, 2.05) is 6.92 Å². The first-order chi connectivity index (χ1) is 9.29. The number of aromatic hydroxyl groups is 1. The minimum atomic E-state index is -3.73. The van der Waals surface area contributed by atoms with Crippen LogP contribution in [0.4, 0.5) is 5.69 Å². The molecule has 0 aromatic heterocycles. The Morgan fingerprint density at radius 3 is 2.05 bits per heavy atom. The molecule has 0 aliphatic rings. The monoisotopic (exact) mass is 331 g/mol. The molecule has 0 bridgehead atoms. The molecule has 0 amide bonds. The Kier molecular flexibility index (Phi) is 4.13. The van der Waals surface area contributed by atoms with Gasteiger partial charge >= 0.3 is 0 Å². The second-order valence-corrected chi connectivity index (χ2v) is 6.70. The molecule has 0 atom stereocenters. The molecule has 2 aromatic carbocycles. The summed E-state index contributed by atoms with van der Waals surface area (Å²) in [5, 5.41) is 9.38. The van der Waals surface area contributed by atoms with Crippen LogP contribution in [0, 0.1) is 6.92 Å². The Morgan fingerprint density at radius 1 is 1.05 bits per heavy atom. The van der Waals surface area contributed by atoms with Gasteiger partial charge in [-0.1, -0.05) is 40.9 Å². The lowest BCUT2D eigenvalue weighted by molar-refractivity contribution is 0.476. The van der Waals surface area contributed by atoms with E-state index in [0.29, 0.717) is 0 Å². The Hall–Kier alpha value is -1.43. The molecule has 0 aliphatic carbocycles. The summed E-state index contributed by atoms with van der Waals surface area (Å²) in [6, 6.07) is 8.97. The van der Waals surface area contributed by atoms with Crippen molar-refractivity contribution in [2.24, 2.45) is 0 Å². The number of halogens is 2. The molecule has 0 heterocycles. The third-order valence-corrected chi connectivity index (χ3v) is 4.57. The first-order valence-corrected chi connectivity index (χ1v) is 7.81. The molecule has 106 valence electrons. The van der Waals surface area contributed by atoms with Crippen LogP contribution in [0.3, 0.4) is 0 Å². The van der Waals surface area contributed by atoms with Gasteiger partial charge < -0.3 is 5.11 Å². The third-order valence-electron chi connectivity index (χ3n) is 2.60. The van der Waals surface area contributed by atoms with E-state index in [1.54, 1.807) is 12.1 Å². The van der Waals surface area contributed by atoms with Gasteiger partial charge in [0.2, 0.25) is 0 Å². The van der Waals surface area contributed by atoms with Crippen LogP contribution in [0.5, 0.6) is 5.75 Å². The first-order valence-electron chi connectivity index (χ1n) is 5.57. The van der Waals surface area contributed by atoms with Gasteiger partial charge in [-0.25, -0.2) is 8.42 Å². The number of anilines is 1. The lowest BCUT2D eigenvalue weighted by Gasteiger charge is -2.10. The maximum absolute atomic E-state index is 12.2. The Labute approximate surface area is 127 Å². The number of rotatable bonds is 3. The van der Waals surface area contributed by atoms with Gasteiger partial charge in [-0.05, 0) is 31.2 Å². The van der Waals surface area contributed by atoms with Crippen LogP contribution >= 0.6 is 23.2 Å². The second-order valence-electron chi connectivity index (χ2n) is 4.21. The number of hydrogen-bond acceptors (Lipinski definition) is 3. The molecule has 0 unspecified atom stereocenters. The lowest BCUT2D eigenvalue weighted by Crippen LogP contribution is -2.12. The molecule has 0 fully saturated rings. The topological polar surface area (TPSA) is 66.4 Å². The highest BCUT2D eigenvalue weighted by molar-refractivity contribution is 7.92.